The molecule has 0 spiro atoms. The monoisotopic (exact) mass is 307 g/mol. The second-order valence-corrected chi connectivity index (χ2v) is 7.74. The van der Waals surface area contributed by atoms with Gasteiger partial charge in [-0.1, -0.05) is 43.2 Å². The Morgan fingerprint density at radius 1 is 1.20 bits per heavy atom. The molecular formula is C16H18ClNOS. The number of alkyl halides is 1. The van der Waals surface area contributed by atoms with Crippen LogP contribution in [0.3, 0.4) is 0 Å². The third-order valence-corrected chi connectivity index (χ3v) is 7.40. The van der Waals surface area contributed by atoms with Gasteiger partial charge in [0.2, 0.25) is 5.91 Å². The highest BCUT2D eigenvalue weighted by atomic mass is 35.5. The molecule has 106 valence electrons. The average Bonchev–Trinajstić information content (AvgIpc) is 2.53. The summed E-state index contributed by atoms with van der Waals surface area (Å²) >= 11 is 8.37. The first kappa shape index (κ1) is 13.0. The van der Waals surface area contributed by atoms with Crippen LogP contribution in [-0.4, -0.2) is 28.0 Å². The Bertz CT molecular complexity index is 537. The van der Waals surface area contributed by atoms with Gasteiger partial charge in [-0.3, -0.25) is 4.79 Å². The van der Waals surface area contributed by atoms with Crippen LogP contribution in [-0.2, 0) is 9.67 Å². The molecule has 2 saturated heterocycles. The van der Waals surface area contributed by atoms with E-state index < -0.39 is 5.38 Å². The number of nitrogens with zero attached hydrogens (tertiary/aromatic N) is 1. The number of hydrogen-bond donors (Lipinski definition) is 0. The van der Waals surface area contributed by atoms with Crippen LogP contribution in [0.2, 0.25) is 0 Å². The number of fused-ring (bicyclic) bond motifs is 3. The van der Waals surface area contributed by atoms with Gasteiger partial charge in [0, 0.05) is 11.8 Å². The number of carbonyl (C=O) groups is 1. The minimum absolute atomic E-state index is 0.139. The normalized spacial score (nSPS) is 39.8. The zero-order valence-corrected chi connectivity index (χ0v) is 12.9. The maximum absolute atomic E-state index is 12.4. The van der Waals surface area contributed by atoms with Crippen molar-refractivity contribution >= 4 is 29.3 Å². The Labute approximate surface area is 128 Å². The van der Waals surface area contributed by atoms with Crippen LogP contribution in [0.5, 0.6) is 0 Å². The van der Waals surface area contributed by atoms with Crippen molar-refractivity contribution in [1.29, 1.82) is 0 Å². The molecule has 0 bridgehead atoms. The average molecular weight is 308 g/mol. The highest BCUT2D eigenvalue weighted by molar-refractivity contribution is 8.00. The summed E-state index contributed by atoms with van der Waals surface area (Å²) in [5, 5.41) is -0.405. The molecule has 4 atom stereocenters. The van der Waals surface area contributed by atoms with E-state index in [1.165, 1.54) is 24.8 Å². The number of carbonyl (C=O) groups excluding carboxylic acids is 1. The van der Waals surface area contributed by atoms with Crippen molar-refractivity contribution in [3.63, 3.8) is 0 Å². The molecule has 2 nitrogen and oxygen atoms in total. The molecule has 2 heterocycles. The van der Waals surface area contributed by atoms with Crippen molar-refractivity contribution in [3.8, 4) is 0 Å². The molecule has 1 aromatic carbocycles. The predicted molar refractivity (Wildman–Crippen MR) is 82.8 cm³/mol. The minimum Gasteiger partial charge on any atom is -0.317 e. The van der Waals surface area contributed by atoms with E-state index in [0.717, 1.165) is 12.2 Å². The van der Waals surface area contributed by atoms with E-state index in [2.05, 4.69) is 17.0 Å². The Balaban J connectivity index is 1.76. The number of hydrogen-bond acceptors (Lipinski definition) is 2. The van der Waals surface area contributed by atoms with E-state index in [1.54, 1.807) is 0 Å². The van der Waals surface area contributed by atoms with E-state index in [-0.39, 0.29) is 10.8 Å². The Kier molecular flexibility index (Phi) is 3.04. The van der Waals surface area contributed by atoms with Gasteiger partial charge < -0.3 is 4.90 Å². The number of halogens is 1. The number of benzene rings is 1. The molecule has 4 heteroatoms. The Morgan fingerprint density at radius 2 is 1.95 bits per heavy atom. The van der Waals surface area contributed by atoms with Crippen LogP contribution in [0.25, 0.3) is 0 Å². The van der Waals surface area contributed by atoms with E-state index in [9.17, 15) is 4.79 Å². The van der Waals surface area contributed by atoms with Crippen LogP contribution in [0.4, 0.5) is 0 Å². The van der Waals surface area contributed by atoms with Crippen molar-refractivity contribution in [3.05, 3.63) is 35.9 Å². The molecule has 4 rings (SSSR count). The molecule has 1 aromatic rings. The maximum Gasteiger partial charge on any atom is 0.246 e. The van der Waals surface area contributed by atoms with Crippen LogP contribution in [0, 0.1) is 5.92 Å². The standard InChI is InChI=1S/C16H18ClNOS/c17-14-15(19)18-13-9-5-4-6-11(13)10-20-16(14,18)12-7-2-1-3-8-12/h1-3,7-8,11,13-14H,4-6,9-10H2/t11-,13-,14-,16+/m0/s1. The van der Waals surface area contributed by atoms with Crippen LogP contribution < -0.4 is 0 Å². The number of rotatable bonds is 1. The topological polar surface area (TPSA) is 20.3 Å². The first-order chi connectivity index (χ1) is 9.75. The summed E-state index contributed by atoms with van der Waals surface area (Å²) in [5.74, 6) is 1.94. The first-order valence-electron chi connectivity index (χ1n) is 7.42. The van der Waals surface area contributed by atoms with Gasteiger partial charge in [-0.15, -0.1) is 23.4 Å². The fourth-order valence-electron chi connectivity index (χ4n) is 4.06. The van der Waals surface area contributed by atoms with Gasteiger partial charge >= 0.3 is 0 Å². The molecule has 0 unspecified atom stereocenters. The van der Waals surface area contributed by atoms with E-state index in [0.29, 0.717) is 12.0 Å². The summed E-state index contributed by atoms with van der Waals surface area (Å²) in [6, 6.07) is 10.7. The van der Waals surface area contributed by atoms with Gasteiger partial charge in [-0.25, -0.2) is 0 Å². The van der Waals surface area contributed by atoms with Gasteiger partial charge in [0.05, 0.1) is 0 Å². The zero-order valence-electron chi connectivity index (χ0n) is 11.3. The van der Waals surface area contributed by atoms with Crippen molar-refractivity contribution in [2.75, 3.05) is 5.75 Å². The van der Waals surface area contributed by atoms with Gasteiger partial charge in [0.25, 0.3) is 0 Å². The smallest absolute Gasteiger partial charge is 0.246 e. The fourth-order valence-corrected chi connectivity index (χ4v) is 6.36. The van der Waals surface area contributed by atoms with E-state index >= 15 is 0 Å². The Morgan fingerprint density at radius 3 is 2.75 bits per heavy atom. The molecule has 0 aromatic heterocycles. The lowest BCUT2D eigenvalue weighted by atomic mass is 9.79. The highest BCUT2D eigenvalue weighted by Gasteiger charge is 2.66. The van der Waals surface area contributed by atoms with Gasteiger partial charge in [-0.2, -0.15) is 0 Å². The number of thioether (sulfide) groups is 1. The third kappa shape index (κ3) is 1.57. The molecule has 20 heavy (non-hydrogen) atoms. The molecular weight excluding hydrogens is 290 g/mol. The van der Waals surface area contributed by atoms with Crippen molar-refractivity contribution in [2.45, 2.75) is 42.0 Å². The van der Waals surface area contributed by atoms with Gasteiger partial charge in [0.1, 0.15) is 10.2 Å². The lowest BCUT2D eigenvalue weighted by Crippen LogP contribution is -2.74. The second kappa shape index (κ2) is 4.67. The summed E-state index contributed by atoms with van der Waals surface area (Å²) in [5.41, 5.74) is 1.19. The molecule has 0 radical (unpaired) electrons. The van der Waals surface area contributed by atoms with Gasteiger partial charge in [0.15, 0.2) is 0 Å². The number of amides is 1. The van der Waals surface area contributed by atoms with Crippen molar-refractivity contribution < 1.29 is 4.79 Å². The summed E-state index contributed by atoms with van der Waals surface area (Å²) in [7, 11) is 0. The summed E-state index contributed by atoms with van der Waals surface area (Å²) in [4.78, 5) is 14.2. The van der Waals surface area contributed by atoms with Crippen LogP contribution >= 0.6 is 23.4 Å². The summed E-state index contributed by atoms with van der Waals surface area (Å²) in [6.45, 7) is 0. The van der Waals surface area contributed by atoms with E-state index in [1.807, 2.05) is 30.0 Å². The van der Waals surface area contributed by atoms with Crippen LogP contribution in [0.15, 0.2) is 30.3 Å². The van der Waals surface area contributed by atoms with E-state index in [4.69, 9.17) is 11.6 Å². The largest absolute Gasteiger partial charge is 0.317 e. The second-order valence-electron chi connectivity index (χ2n) is 6.06. The van der Waals surface area contributed by atoms with Crippen LogP contribution in [0.1, 0.15) is 31.2 Å². The Hall–Kier alpha value is -0.670. The first-order valence-corrected chi connectivity index (χ1v) is 8.84. The fraction of sp³-hybridized carbons (Fsp3) is 0.562. The maximum atomic E-state index is 12.4. The van der Waals surface area contributed by atoms with Crippen molar-refractivity contribution in [1.82, 2.24) is 4.90 Å². The summed E-state index contributed by atoms with van der Waals surface area (Å²) < 4.78 is 0. The lowest BCUT2D eigenvalue weighted by Gasteiger charge is -2.63. The number of β-lactam (4-membered cyclic amide) rings is 1. The molecule has 1 amide bonds. The minimum atomic E-state index is -0.405. The third-order valence-electron chi connectivity index (χ3n) is 5.06. The molecule has 3 fully saturated rings. The molecule has 2 aliphatic heterocycles. The SMILES string of the molecule is O=C1[C@H](Cl)[C@@]2(c3ccccc3)SC[C@@H]3CCCC[C@@H]3N12. The summed E-state index contributed by atoms with van der Waals surface area (Å²) in [6.07, 6.45) is 4.97. The molecule has 3 aliphatic rings. The van der Waals surface area contributed by atoms with Crippen molar-refractivity contribution in [2.24, 2.45) is 5.92 Å². The molecule has 1 aliphatic carbocycles. The quantitative estimate of drug-likeness (QED) is 0.584. The molecule has 0 N–H and O–H groups in total. The molecule has 1 saturated carbocycles. The van der Waals surface area contributed by atoms with Gasteiger partial charge in [-0.05, 0) is 24.3 Å². The zero-order chi connectivity index (χ0) is 13.7. The lowest BCUT2D eigenvalue weighted by molar-refractivity contribution is -0.157. The predicted octanol–water partition coefficient (Wildman–Crippen LogP) is 3.59. The highest BCUT2D eigenvalue weighted by Crippen LogP contribution is 2.59.